The highest BCUT2D eigenvalue weighted by Crippen LogP contribution is 2.23. The predicted octanol–water partition coefficient (Wildman–Crippen LogP) is 3.10. The summed E-state index contributed by atoms with van der Waals surface area (Å²) >= 11 is 0. The molecule has 1 amide bonds. The Hall–Kier alpha value is -4.16. The molecule has 1 aliphatic rings. The minimum absolute atomic E-state index is 0.300. The molecule has 5 rings (SSSR count). The Kier molecular flexibility index (Phi) is 5.74. The smallest absolute Gasteiger partial charge is 0.276 e. The first kappa shape index (κ1) is 20.7. The van der Waals surface area contributed by atoms with Crippen molar-refractivity contribution >= 4 is 28.2 Å². The molecule has 9 heteroatoms. The second-order valence-electron chi connectivity index (χ2n) is 8.19. The molecule has 3 heterocycles. The van der Waals surface area contributed by atoms with Gasteiger partial charge in [-0.25, -0.2) is 0 Å². The molecular weight excluding hydrogens is 416 g/mol. The molecule has 4 N–H and O–H groups in total. The van der Waals surface area contributed by atoms with E-state index in [-0.39, 0.29) is 5.91 Å². The largest absolute Gasteiger partial charge is 0.382 e. The number of carbonyl (C=O) groups excluding carboxylic acids is 1. The van der Waals surface area contributed by atoms with Gasteiger partial charge in [-0.3, -0.25) is 14.6 Å². The van der Waals surface area contributed by atoms with Crippen LogP contribution in [0.1, 0.15) is 34.5 Å². The highest BCUT2D eigenvalue weighted by Gasteiger charge is 2.17. The summed E-state index contributed by atoms with van der Waals surface area (Å²) in [4.78, 5) is 12.9. The Bertz CT molecular complexity index is 1330. The minimum Gasteiger partial charge on any atom is -0.382 e. The zero-order valence-corrected chi connectivity index (χ0v) is 18.0. The van der Waals surface area contributed by atoms with Crippen LogP contribution in [-0.2, 0) is 6.54 Å². The molecule has 2 aromatic heterocycles. The van der Waals surface area contributed by atoms with E-state index < -0.39 is 0 Å². The molecule has 0 atom stereocenters. The number of carbonyl (C=O) groups is 1. The predicted molar refractivity (Wildman–Crippen MR) is 126 cm³/mol. The molecule has 4 aromatic rings. The van der Waals surface area contributed by atoms with E-state index >= 15 is 0 Å². The SMILES string of the molecule is N#Cc1cccc(Cn2cc(NC(=O)c3n[nH]c4ccc(NC5CCNCC5)cc34)cn2)c1. The fourth-order valence-electron chi connectivity index (χ4n) is 4.11. The van der Waals surface area contributed by atoms with Crippen molar-refractivity contribution in [1.29, 1.82) is 5.26 Å². The molecule has 0 aliphatic carbocycles. The number of hydrogen-bond acceptors (Lipinski definition) is 6. The number of nitrogens with zero attached hydrogens (tertiary/aromatic N) is 4. The number of benzene rings is 2. The van der Waals surface area contributed by atoms with E-state index in [1.807, 2.05) is 36.4 Å². The zero-order valence-electron chi connectivity index (χ0n) is 18.0. The minimum atomic E-state index is -0.300. The molecule has 2 aromatic carbocycles. The number of nitriles is 1. The van der Waals surface area contributed by atoms with Gasteiger partial charge in [-0.2, -0.15) is 15.5 Å². The number of rotatable bonds is 6. The van der Waals surface area contributed by atoms with Crippen LogP contribution in [0.3, 0.4) is 0 Å². The summed E-state index contributed by atoms with van der Waals surface area (Å²) in [5, 5.41) is 31.1. The van der Waals surface area contributed by atoms with Crippen LogP contribution in [0.25, 0.3) is 10.9 Å². The van der Waals surface area contributed by atoms with E-state index in [4.69, 9.17) is 5.26 Å². The number of aromatic nitrogens is 4. The van der Waals surface area contributed by atoms with Crippen LogP contribution in [0, 0.1) is 11.3 Å². The molecule has 0 bridgehead atoms. The Morgan fingerprint density at radius 2 is 2.06 bits per heavy atom. The van der Waals surface area contributed by atoms with Crippen molar-refractivity contribution in [2.24, 2.45) is 0 Å². The molecule has 9 nitrogen and oxygen atoms in total. The maximum Gasteiger partial charge on any atom is 0.276 e. The fraction of sp³-hybridized carbons (Fsp3) is 0.250. The van der Waals surface area contributed by atoms with Crippen LogP contribution in [0.2, 0.25) is 0 Å². The lowest BCUT2D eigenvalue weighted by Gasteiger charge is -2.24. The molecule has 1 aliphatic heterocycles. The van der Waals surface area contributed by atoms with Crippen molar-refractivity contribution in [1.82, 2.24) is 25.3 Å². The highest BCUT2D eigenvalue weighted by atomic mass is 16.2. The van der Waals surface area contributed by atoms with Gasteiger partial charge in [-0.05, 0) is 61.8 Å². The third kappa shape index (κ3) is 4.71. The quantitative estimate of drug-likeness (QED) is 0.365. The van der Waals surface area contributed by atoms with E-state index in [1.54, 1.807) is 23.1 Å². The lowest BCUT2D eigenvalue weighted by atomic mass is 10.1. The van der Waals surface area contributed by atoms with Gasteiger partial charge < -0.3 is 16.0 Å². The molecule has 0 spiro atoms. The van der Waals surface area contributed by atoms with Crippen LogP contribution >= 0.6 is 0 Å². The average molecular weight is 441 g/mol. The Morgan fingerprint density at radius 3 is 2.91 bits per heavy atom. The van der Waals surface area contributed by atoms with Crippen LogP contribution in [0.4, 0.5) is 11.4 Å². The van der Waals surface area contributed by atoms with Gasteiger partial charge >= 0.3 is 0 Å². The zero-order chi connectivity index (χ0) is 22.6. The summed E-state index contributed by atoms with van der Waals surface area (Å²) < 4.78 is 1.72. The van der Waals surface area contributed by atoms with Crippen molar-refractivity contribution in [3.63, 3.8) is 0 Å². The van der Waals surface area contributed by atoms with Crippen LogP contribution < -0.4 is 16.0 Å². The van der Waals surface area contributed by atoms with Crippen LogP contribution in [0.15, 0.2) is 54.9 Å². The number of hydrogen-bond donors (Lipinski definition) is 4. The van der Waals surface area contributed by atoms with Crippen molar-refractivity contribution in [2.45, 2.75) is 25.4 Å². The number of aromatic amines is 1. The van der Waals surface area contributed by atoms with Gasteiger partial charge in [0.05, 0.1) is 35.6 Å². The first-order valence-corrected chi connectivity index (χ1v) is 11.0. The van der Waals surface area contributed by atoms with Gasteiger partial charge in [-0.1, -0.05) is 12.1 Å². The van der Waals surface area contributed by atoms with E-state index in [0.717, 1.165) is 48.1 Å². The van der Waals surface area contributed by atoms with Gasteiger partial charge in [0.15, 0.2) is 5.69 Å². The highest BCUT2D eigenvalue weighted by molar-refractivity contribution is 6.11. The second-order valence-corrected chi connectivity index (χ2v) is 8.19. The Morgan fingerprint density at radius 1 is 1.18 bits per heavy atom. The third-order valence-electron chi connectivity index (χ3n) is 5.78. The van der Waals surface area contributed by atoms with Crippen molar-refractivity contribution < 1.29 is 4.79 Å². The van der Waals surface area contributed by atoms with Gasteiger partial charge in [0.1, 0.15) is 0 Å². The molecule has 1 saturated heterocycles. The summed E-state index contributed by atoms with van der Waals surface area (Å²) in [6.07, 6.45) is 5.50. The topological polar surface area (TPSA) is 123 Å². The fourth-order valence-corrected chi connectivity index (χ4v) is 4.11. The second kappa shape index (κ2) is 9.14. The summed E-state index contributed by atoms with van der Waals surface area (Å²) in [6, 6.07) is 15.9. The van der Waals surface area contributed by atoms with Crippen molar-refractivity contribution in [3.8, 4) is 6.07 Å². The van der Waals surface area contributed by atoms with Gasteiger partial charge in [0, 0.05) is 23.3 Å². The summed E-state index contributed by atoms with van der Waals surface area (Å²) in [7, 11) is 0. The van der Waals surface area contributed by atoms with Crippen LogP contribution in [0.5, 0.6) is 0 Å². The van der Waals surface area contributed by atoms with Crippen LogP contribution in [-0.4, -0.2) is 45.0 Å². The molecule has 0 unspecified atom stereocenters. The standard InChI is InChI=1S/C24H24N8O/c25-12-16-2-1-3-17(10-16)14-32-15-20(13-27-32)29-24(33)23-21-11-19(4-5-22(21)30-31-23)28-18-6-8-26-9-7-18/h1-5,10-11,13,15,18,26,28H,6-9,14H2,(H,29,33)(H,30,31). The van der Waals surface area contributed by atoms with Gasteiger partial charge in [-0.15, -0.1) is 0 Å². The lowest BCUT2D eigenvalue weighted by Crippen LogP contribution is -2.35. The van der Waals surface area contributed by atoms with Gasteiger partial charge in [0.25, 0.3) is 5.91 Å². The average Bonchev–Trinajstić information content (AvgIpc) is 3.46. The monoisotopic (exact) mass is 440 g/mol. The van der Waals surface area contributed by atoms with Crippen molar-refractivity contribution in [2.75, 3.05) is 23.7 Å². The van der Waals surface area contributed by atoms with Gasteiger partial charge in [0.2, 0.25) is 0 Å². The molecule has 0 saturated carbocycles. The summed E-state index contributed by atoms with van der Waals surface area (Å²) in [6.45, 7) is 2.52. The third-order valence-corrected chi connectivity index (χ3v) is 5.78. The number of amides is 1. The normalized spacial score (nSPS) is 14.2. The van der Waals surface area contributed by atoms with E-state index in [0.29, 0.717) is 29.5 Å². The molecule has 33 heavy (non-hydrogen) atoms. The van der Waals surface area contributed by atoms with E-state index in [2.05, 4.69) is 37.3 Å². The summed E-state index contributed by atoms with van der Waals surface area (Å²) in [5.41, 5.74) is 4.28. The number of fused-ring (bicyclic) bond motifs is 1. The Labute approximate surface area is 190 Å². The number of anilines is 2. The first-order valence-electron chi connectivity index (χ1n) is 11.0. The molecule has 0 radical (unpaired) electrons. The molecule has 166 valence electrons. The maximum atomic E-state index is 12.9. The van der Waals surface area contributed by atoms with Crippen molar-refractivity contribution in [3.05, 3.63) is 71.7 Å². The Balaban J connectivity index is 1.29. The lowest BCUT2D eigenvalue weighted by molar-refractivity contribution is 0.102. The summed E-state index contributed by atoms with van der Waals surface area (Å²) in [5.74, 6) is -0.300. The maximum absolute atomic E-state index is 12.9. The van der Waals surface area contributed by atoms with E-state index in [9.17, 15) is 4.79 Å². The first-order chi connectivity index (χ1) is 16.2. The number of H-pyrrole nitrogens is 1. The van der Waals surface area contributed by atoms with E-state index in [1.165, 1.54) is 0 Å². The number of nitrogens with one attached hydrogen (secondary N) is 4. The molecule has 1 fully saturated rings. The molecular formula is C24H24N8O. The number of piperidine rings is 1.